The molecule has 0 fully saturated rings. The van der Waals surface area contributed by atoms with Crippen LogP contribution in [0.3, 0.4) is 0 Å². The van der Waals surface area contributed by atoms with Crippen molar-refractivity contribution in [1.82, 2.24) is 0 Å². The van der Waals surface area contributed by atoms with Crippen molar-refractivity contribution in [2.45, 2.75) is 96.8 Å². The maximum atomic E-state index is 11.3. The summed E-state index contributed by atoms with van der Waals surface area (Å²) in [7, 11) is 0. The molecule has 0 bridgehead atoms. The molecule has 0 aromatic heterocycles. The van der Waals surface area contributed by atoms with Gasteiger partial charge in [-0.25, -0.2) is 0 Å². The summed E-state index contributed by atoms with van der Waals surface area (Å²) in [5, 5.41) is 0. The predicted octanol–water partition coefficient (Wildman–Crippen LogP) is 5.25. The molecule has 0 amide bonds. The quantitative estimate of drug-likeness (QED) is 0.213. The van der Waals surface area contributed by atoms with Crippen LogP contribution in [-0.4, -0.2) is 48.3 Å². The van der Waals surface area contributed by atoms with Crippen LogP contribution < -0.4 is 0 Å². The zero-order valence-electron chi connectivity index (χ0n) is 15.7. The molecule has 0 spiro atoms. The second-order valence-corrected chi connectivity index (χ2v) is 28.1. The average molecular weight is 544 g/mol. The summed E-state index contributed by atoms with van der Waals surface area (Å²) in [5.41, 5.74) is 0. The number of rotatable bonds is 16. The first-order valence-corrected chi connectivity index (χ1v) is 22.4. The third-order valence-corrected chi connectivity index (χ3v) is 35.2. The Labute approximate surface area is 153 Å². The van der Waals surface area contributed by atoms with Crippen LogP contribution in [0.15, 0.2) is 0 Å². The SMILES string of the molecule is CCC[CH2][Sn]([OH])([CH2]CCC)[O][Sn]([CH2]CCC)([CH2]CCC)[O]C=O. The van der Waals surface area contributed by atoms with Crippen LogP contribution in [0.5, 0.6) is 0 Å². The van der Waals surface area contributed by atoms with Crippen LogP contribution >= 0.6 is 0 Å². The Bertz CT molecular complexity index is 284. The summed E-state index contributed by atoms with van der Waals surface area (Å²) >= 11 is -7.07. The third kappa shape index (κ3) is 10.5. The van der Waals surface area contributed by atoms with E-state index in [0.29, 0.717) is 6.47 Å². The van der Waals surface area contributed by atoms with E-state index in [9.17, 15) is 8.24 Å². The second kappa shape index (κ2) is 14.2. The summed E-state index contributed by atoms with van der Waals surface area (Å²) in [5.74, 6) is 0. The normalized spacial score (nSPS) is 12.4. The zero-order chi connectivity index (χ0) is 17.6. The Balaban J connectivity index is 5.21. The Hall–Kier alpha value is 0.987. The first-order valence-electron chi connectivity index (χ1n) is 9.55. The first kappa shape index (κ1) is 24.0. The Kier molecular flexibility index (Phi) is 14.8. The molecule has 0 atom stereocenters. The van der Waals surface area contributed by atoms with E-state index in [1.54, 1.807) is 0 Å². The standard InChI is InChI=1S/4C4H9.CH2O2.H2O.O.2Sn/c4*1-3-4-2;2-1-3;;;;/h4*1,3-4H2,2H3;1H,(H,2,3);1H2;;;/q;;;;;;;2*+1/p-2. The molecule has 0 unspecified atom stereocenters. The van der Waals surface area contributed by atoms with Crippen LogP contribution in [-0.2, 0) is 9.28 Å². The number of unbranched alkanes of at least 4 members (excludes halogenated alkanes) is 4. The van der Waals surface area contributed by atoms with Crippen LogP contribution in [0.2, 0.25) is 17.7 Å². The molecule has 0 aromatic carbocycles. The van der Waals surface area contributed by atoms with Crippen molar-refractivity contribution in [1.29, 1.82) is 0 Å². The monoisotopic (exact) mass is 546 g/mol. The fourth-order valence-corrected chi connectivity index (χ4v) is 41.0. The van der Waals surface area contributed by atoms with Crippen molar-refractivity contribution < 1.29 is 12.7 Å². The minimum atomic E-state index is -3.60. The number of carbonyl (C=O) groups excluding carboxylic acids is 1. The zero-order valence-corrected chi connectivity index (χ0v) is 21.4. The summed E-state index contributed by atoms with van der Waals surface area (Å²) in [6, 6.07) is 0. The number of carbonyl (C=O) groups is 1. The molecule has 1 N–H and O–H groups in total. The van der Waals surface area contributed by atoms with Gasteiger partial charge in [-0.15, -0.1) is 0 Å². The molecule has 0 saturated heterocycles. The van der Waals surface area contributed by atoms with Crippen molar-refractivity contribution in [2.24, 2.45) is 0 Å². The third-order valence-electron chi connectivity index (χ3n) is 4.30. The molecule has 138 valence electrons. The van der Waals surface area contributed by atoms with Crippen molar-refractivity contribution in [3.8, 4) is 0 Å². The van der Waals surface area contributed by atoms with Crippen molar-refractivity contribution in [3.63, 3.8) is 0 Å². The van der Waals surface area contributed by atoms with E-state index < -0.39 is 38.4 Å². The molecule has 4 nitrogen and oxygen atoms in total. The van der Waals surface area contributed by atoms with Gasteiger partial charge in [0.2, 0.25) is 0 Å². The minimum absolute atomic E-state index is 0.604. The van der Waals surface area contributed by atoms with Gasteiger partial charge in [-0.2, -0.15) is 0 Å². The number of hydrogen-bond acceptors (Lipinski definition) is 4. The Morgan fingerprint density at radius 3 is 1.52 bits per heavy atom. The predicted molar refractivity (Wildman–Crippen MR) is 101 cm³/mol. The molecule has 0 saturated carbocycles. The van der Waals surface area contributed by atoms with Crippen molar-refractivity contribution in [2.75, 3.05) is 0 Å². The summed E-state index contributed by atoms with van der Waals surface area (Å²) in [4.78, 5) is 11.2. The van der Waals surface area contributed by atoms with Gasteiger partial charge >= 0.3 is 154 Å². The van der Waals surface area contributed by atoms with E-state index >= 15 is 0 Å². The molecule has 0 aliphatic rings. The molecule has 0 radical (unpaired) electrons. The number of hydrogen-bond donors (Lipinski definition) is 1. The van der Waals surface area contributed by atoms with E-state index in [0.717, 1.165) is 69.1 Å². The van der Waals surface area contributed by atoms with Crippen LogP contribution in [0.25, 0.3) is 0 Å². The van der Waals surface area contributed by atoms with Gasteiger partial charge in [0.05, 0.1) is 0 Å². The molecule has 0 aromatic rings. The molecular weight excluding hydrogens is 506 g/mol. The van der Waals surface area contributed by atoms with Gasteiger partial charge in [0.25, 0.3) is 0 Å². The van der Waals surface area contributed by atoms with E-state index in [1.165, 1.54) is 0 Å². The maximum absolute atomic E-state index is 11.3. The van der Waals surface area contributed by atoms with E-state index in [1.807, 2.05) is 0 Å². The second-order valence-electron chi connectivity index (χ2n) is 6.59. The Morgan fingerprint density at radius 1 is 0.783 bits per heavy atom. The fraction of sp³-hybridized carbons (Fsp3) is 0.941. The van der Waals surface area contributed by atoms with Crippen LogP contribution in [0, 0.1) is 0 Å². The average Bonchev–Trinajstić information content (AvgIpc) is 2.55. The molecule has 0 rings (SSSR count). The molecule has 0 heterocycles. The van der Waals surface area contributed by atoms with Crippen molar-refractivity contribution >= 4 is 44.9 Å². The van der Waals surface area contributed by atoms with Gasteiger partial charge in [-0.05, 0) is 0 Å². The van der Waals surface area contributed by atoms with Gasteiger partial charge in [0, 0.05) is 0 Å². The summed E-state index contributed by atoms with van der Waals surface area (Å²) in [6.45, 7) is 9.22. The first-order chi connectivity index (χ1) is 11.0. The fourth-order valence-electron chi connectivity index (χ4n) is 2.83. The van der Waals surface area contributed by atoms with E-state index in [4.69, 9.17) is 4.49 Å². The van der Waals surface area contributed by atoms with Gasteiger partial charge < -0.3 is 0 Å². The molecule has 0 aliphatic carbocycles. The van der Waals surface area contributed by atoms with Gasteiger partial charge in [-0.1, -0.05) is 0 Å². The van der Waals surface area contributed by atoms with Crippen LogP contribution in [0.4, 0.5) is 0 Å². The Morgan fingerprint density at radius 2 is 1.17 bits per heavy atom. The molecule has 6 heteroatoms. The summed E-state index contributed by atoms with van der Waals surface area (Å²) < 4.78 is 27.1. The molecule has 23 heavy (non-hydrogen) atoms. The van der Waals surface area contributed by atoms with Gasteiger partial charge in [-0.3, -0.25) is 0 Å². The summed E-state index contributed by atoms with van der Waals surface area (Å²) in [6.07, 6.45) is 8.45. The van der Waals surface area contributed by atoms with Crippen LogP contribution in [0.1, 0.15) is 79.1 Å². The molecule has 0 aliphatic heterocycles. The van der Waals surface area contributed by atoms with Gasteiger partial charge in [0.15, 0.2) is 0 Å². The topological polar surface area (TPSA) is 55.8 Å². The van der Waals surface area contributed by atoms with E-state index in [2.05, 4.69) is 27.7 Å². The van der Waals surface area contributed by atoms with E-state index in [-0.39, 0.29) is 0 Å². The van der Waals surface area contributed by atoms with Crippen molar-refractivity contribution in [3.05, 3.63) is 0 Å². The van der Waals surface area contributed by atoms with Gasteiger partial charge in [0.1, 0.15) is 0 Å². The molecular formula is C17H38O4Sn2.